The fraction of sp³-hybridized carbons (Fsp3) is 0.786. The second kappa shape index (κ2) is 7.50. The highest BCUT2D eigenvalue weighted by Gasteiger charge is 2.22. The molecular formula is C14H26BNO2. The van der Waals surface area contributed by atoms with Crippen molar-refractivity contribution in [1.29, 1.82) is 0 Å². The molecule has 1 N–H and O–H groups in total. The van der Waals surface area contributed by atoms with Crippen LogP contribution in [-0.4, -0.2) is 25.9 Å². The molecule has 0 aromatic heterocycles. The van der Waals surface area contributed by atoms with Gasteiger partial charge in [0.1, 0.15) is 13.6 Å². The minimum absolute atomic E-state index is 0.0435. The molecule has 18 heavy (non-hydrogen) atoms. The molecule has 1 aliphatic rings. The predicted molar refractivity (Wildman–Crippen MR) is 77.2 cm³/mol. The topological polar surface area (TPSA) is 38.3 Å². The minimum Gasteiger partial charge on any atom is -0.493 e. The van der Waals surface area contributed by atoms with Crippen LogP contribution in [0.15, 0.2) is 12.3 Å². The van der Waals surface area contributed by atoms with Gasteiger partial charge in [0.15, 0.2) is 0 Å². The first-order valence-corrected chi connectivity index (χ1v) is 7.17. The quantitative estimate of drug-likeness (QED) is 0.555. The van der Waals surface area contributed by atoms with Crippen molar-refractivity contribution in [2.75, 3.05) is 0 Å². The van der Waals surface area contributed by atoms with E-state index in [2.05, 4.69) is 25.7 Å². The van der Waals surface area contributed by atoms with Crippen molar-refractivity contribution >= 4 is 13.8 Å². The van der Waals surface area contributed by atoms with Gasteiger partial charge in [0.2, 0.25) is 5.91 Å². The molecule has 4 heteroatoms. The molecule has 0 saturated heterocycles. The zero-order chi connectivity index (χ0) is 13.5. The standard InChI is InChI=1S/C14H26BNO2/c1-10(2)8-13(16-14(17)9-15)11(3)18-12-6-4-5-7-12/h10,12-13H,3-9,15H2,1-2H3,(H,16,17)/t13-/m0/s1. The first-order valence-electron chi connectivity index (χ1n) is 7.17. The lowest BCUT2D eigenvalue weighted by Crippen LogP contribution is -2.38. The molecule has 0 unspecified atom stereocenters. The van der Waals surface area contributed by atoms with E-state index in [1.807, 2.05) is 7.85 Å². The Balaban J connectivity index is 2.50. The Morgan fingerprint density at radius 2 is 2.06 bits per heavy atom. The summed E-state index contributed by atoms with van der Waals surface area (Å²) in [5, 5.41) is 3.01. The van der Waals surface area contributed by atoms with Gasteiger partial charge in [0.05, 0.1) is 12.1 Å². The van der Waals surface area contributed by atoms with Crippen molar-refractivity contribution in [2.24, 2.45) is 5.92 Å². The van der Waals surface area contributed by atoms with Crippen molar-refractivity contribution in [3.63, 3.8) is 0 Å². The molecule has 0 bridgehead atoms. The molecule has 0 aromatic rings. The zero-order valence-electron chi connectivity index (χ0n) is 12.0. The van der Waals surface area contributed by atoms with Crippen LogP contribution in [-0.2, 0) is 9.53 Å². The van der Waals surface area contributed by atoms with Crippen LogP contribution in [0.2, 0.25) is 6.32 Å². The molecule has 1 amide bonds. The van der Waals surface area contributed by atoms with Crippen LogP contribution in [0, 0.1) is 5.92 Å². The largest absolute Gasteiger partial charge is 0.493 e. The summed E-state index contributed by atoms with van der Waals surface area (Å²) in [5.74, 6) is 1.31. The maximum atomic E-state index is 11.5. The van der Waals surface area contributed by atoms with Crippen molar-refractivity contribution in [3.8, 4) is 0 Å². The monoisotopic (exact) mass is 251 g/mol. The second-order valence-corrected chi connectivity index (χ2v) is 5.59. The normalized spacial score (nSPS) is 17.7. The van der Waals surface area contributed by atoms with Crippen molar-refractivity contribution in [3.05, 3.63) is 12.3 Å². The Hall–Kier alpha value is -0.925. The van der Waals surface area contributed by atoms with Gasteiger partial charge in [-0.05, 0) is 44.3 Å². The minimum atomic E-state index is -0.0435. The van der Waals surface area contributed by atoms with E-state index in [4.69, 9.17) is 4.74 Å². The van der Waals surface area contributed by atoms with E-state index >= 15 is 0 Å². The van der Waals surface area contributed by atoms with Gasteiger partial charge in [0, 0.05) is 0 Å². The van der Waals surface area contributed by atoms with Gasteiger partial charge in [-0.2, -0.15) is 0 Å². The summed E-state index contributed by atoms with van der Waals surface area (Å²) in [6, 6.07) is -0.0435. The van der Waals surface area contributed by atoms with Crippen molar-refractivity contribution in [1.82, 2.24) is 5.32 Å². The Bertz CT molecular complexity index is 286. The number of hydrogen-bond donors (Lipinski definition) is 1. The van der Waals surface area contributed by atoms with E-state index in [1.54, 1.807) is 0 Å². The van der Waals surface area contributed by atoms with E-state index in [0.717, 1.165) is 25.0 Å². The van der Waals surface area contributed by atoms with Gasteiger partial charge in [-0.1, -0.05) is 20.4 Å². The van der Waals surface area contributed by atoms with Crippen LogP contribution < -0.4 is 5.32 Å². The Labute approximate surface area is 112 Å². The molecule has 3 nitrogen and oxygen atoms in total. The van der Waals surface area contributed by atoms with Crippen LogP contribution in [0.4, 0.5) is 0 Å². The smallest absolute Gasteiger partial charge is 0.212 e. The van der Waals surface area contributed by atoms with Crippen LogP contribution >= 0.6 is 0 Å². The van der Waals surface area contributed by atoms with Crippen LogP contribution in [0.1, 0.15) is 46.0 Å². The highest BCUT2D eigenvalue weighted by molar-refractivity contribution is 6.19. The van der Waals surface area contributed by atoms with Gasteiger partial charge in [-0.25, -0.2) is 0 Å². The average molecular weight is 251 g/mol. The predicted octanol–water partition coefficient (Wildman–Crippen LogP) is 2.04. The first-order chi connectivity index (χ1) is 8.52. The van der Waals surface area contributed by atoms with Crippen molar-refractivity contribution < 1.29 is 9.53 Å². The summed E-state index contributed by atoms with van der Waals surface area (Å²) >= 11 is 0. The van der Waals surface area contributed by atoms with Crippen molar-refractivity contribution in [2.45, 2.75) is 64.4 Å². The fourth-order valence-corrected chi connectivity index (χ4v) is 2.34. The van der Waals surface area contributed by atoms with Gasteiger partial charge in [-0.3, -0.25) is 4.79 Å². The Kier molecular flexibility index (Phi) is 6.30. The number of carbonyl (C=O) groups is 1. The van der Waals surface area contributed by atoms with Crippen LogP contribution in [0.3, 0.4) is 0 Å². The molecule has 1 rings (SSSR count). The molecule has 0 aromatic carbocycles. The fourth-order valence-electron chi connectivity index (χ4n) is 2.34. The summed E-state index contributed by atoms with van der Waals surface area (Å²) < 4.78 is 5.91. The maximum absolute atomic E-state index is 11.5. The molecule has 0 radical (unpaired) electrons. The maximum Gasteiger partial charge on any atom is 0.212 e. The van der Waals surface area contributed by atoms with Gasteiger partial charge < -0.3 is 10.1 Å². The van der Waals surface area contributed by atoms with Gasteiger partial charge in [0.25, 0.3) is 0 Å². The Morgan fingerprint density at radius 3 is 2.56 bits per heavy atom. The number of nitrogens with one attached hydrogen (secondary N) is 1. The molecule has 0 aliphatic heterocycles. The summed E-state index contributed by atoms with van der Waals surface area (Å²) in [7, 11) is 1.86. The third kappa shape index (κ3) is 5.15. The van der Waals surface area contributed by atoms with Gasteiger partial charge in [-0.15, -0.1) is 0 Å². The summed E-state index contributed by atoms with van der Waals surface area (Å²) in [5.41, 5.74) is 0. The first kappa shape index (κ1) is 15.1. The highest BCUT2D eigenvalue weighted by Crippen LogP contribution is 2.25. The van der Waals surface area contributed by atoms with E-state index in [0.29, 0.717) is 18.3 Å². The van der Waals surface area contributed by atoms with Crippen LogP contribution in [0.5, 0.6) is 0 Å². The highest BCUT2D eigenvalue weighted by atomic mass is 16.5. The molecule has 1 fully saturated rings. The molecule has 1 saturated carbocycles. The number of amides is 1. The third-order valence-corrected chi connectivity index (χ3v) is 3.37. The second-order valence-electron chi connectivity index (χ2n) is 5.59. The summed E-state index contributed by atoms with van der Waals surface area (Å²) in [4.78, 5) is 11.5. The molecule has 0 heterocycles. The van der Waals surface area contributed by atoms with Gasteiger partial charge >= 0.3 is 0 Å². The Morgan fingerprint density at radius 1 is 1.44 bits per heavy atom. The lowest BCUT2D eigenvalue weighted by atomic mass is 10.00. The SMILES string of the molecule is BCC(=O)N[C@@H](CC(C)C)C(=C)OC1CCCC1. The lowest BCUT2D eigenvalue weighted by molar-refractivity contribution is -0.119. The summed E-state index contributed by atoms with van der Waals surface area (Å²) in [6.07, 6.45) is 6.43. The molecular weight excluding hydrogens is 225 g/mol. The zero-order valence-corrected chi connectivity index (χ0v) is 12.0. The lowest BCUT2D eigenvalue weighted by Gasteiger charge is -2.25. The van der Waals surface area contributed by atoms with Crippen LogP contribution in [0.25, 0.3) is 0 Å². The summed E-state index contributed by atoms with van der Waals surface area (Å²) in [6.45, 7) is 8.32. The average Bonchev–Trinajstić information content (AvgIpc) is 2.80. The van der Waals surface area contributed by atoms with E-state index in [-0.39, 0.29) is 11.9 Å². The molecule has 0 spiro atoms. The molecule has 1 atom stereocenters. The number of hydrogen-bond acceptors (Lipinski definition) is 2. The molecule has 102 valence electrons. The third-order valence-electron chi connectivity index (χ3n) is 3.37. The van der Waals surface area contributed by atoms with E-state index < -0.39 is 0 Å². The van der Waals surface area contributed by atoms with E-state index in [1.165, 1.54) is 12.8 Å². The number of carbonyl (C=O) groups excluding carboxylic acids is 1. The number of rotatable bonds is 7. The molecule has 1 aliphatic carbocycles. The number of ether oxygens (including phenoxy) is 1. The van der Waals surface area contributed by atoms with E-state index in [9.17, 15) is 4.79 Å².